The van der Waals surface area contributed by atoms with E-state index in [0.717, 1.165) is 5.56 Å². The van der Waals surface area contributed by atoms with Crippen LogP contribution in [0, 0.1) is 0 Å². The molecule has 0 saturated heterocycles. The summed E-state index contributed by atoms with van der Waals surface area (Å²) < 4.78 is 0. The van der Waals surface area contributed by atoms with Crippen molar-refractivity contribution >= 4 is 11.9 Å². The van der Waals surface area contributed by atoms with Crippen molar-refractivity contribution in [3.8, 4) is 0 Å². The number of carboxylic acid groups (broad SMARTS) is 1. The second-order valence-corrected chi connectivity index (χ2v) is 6.16. The van der Waals surface area contributed by atoms with Crippen molar-refractivity contribution in [1.29, 1.82) is 0 Å². The number of aliphatic carboxylic acids is 1. The van der Waals surface area contributed by atoms with Crippen LogP contribution >= 0.6 is 0 Å². The zero-order chi connectivity index (χ0) is 20.0. The molecule has 1 rings (SSSR count). The third kappa shape index (κ3) is 18.2. The summed E-state index contributed by atoms with van der Waals surface area (Å²) in [6.07, 6.45) is -0.123. The largest absolute Gasteiger partial charge is 0.548 e. The molecule has 0 fully saturated rings. The highest BCUT2D eigenvalue weighted by Crippen LogP contribution is 2.02. The van der Waals surface area contributed by atoms with Gasteiger partial charge in [0.1, 0.15) is 0 Å². The van der Waals surface area contributed by atoms with Gasteiger partial charge in [-0.25, -0.2) is 0 Å². The van der Waals surface area contributed by atoms with E-state index >= 15 is 0 Å². The van der Waals surface area contributed by atoms with E-state index in [1.54, 1.807) is 46.8 Å². The molecule has 0 bridgehead atoms. The molecule has 0 spiro atoms. The van der Waals surface area contributed by atoms with Gasteiger partial charge in [-0.15, -0.1) is 0 Å². The standard InChI is InChI=1S/C12H16N2O3.2C3H8O/c1-8(13)11(15)14-10(12(16)17)7-9-5-3-2-4-6-9;2*1-3(2)4/h2-6,8,10H,7,13H2,1H3,(H,14,15)(H,16,17);2*3-4H,1-2H3/t8-,10-;;/m0../s1. The molecule has 25 heavy (non-hydrogen) atoms. The molecule has 144 valence electrons. The van der Waals surface area contributed by atoms with E-state index in [-0.39, 0.29) is 18.6 Å². The van der Waals surface area contributed by atoms with Gasteiger partial charge in [0, 0.05) is 12.2 Å². The van der Waals surface area contributed by atoms with Crippen molar-refractivity contribution in [1.82, 2.24) is 5.32 Å². The molecule has 1 aromatic rings. The van der Waals surface area contributed by atoms with Crippen molar-refractivity contribution in [3.63, 3.8) is 0 Å². The van der Waals surface area contributed by atoms with Gasteiger partial charge < -0.3 is 31.2 Å². The van der Waals surface area contributed by atoms with Gasteiger partial charge in [0.15, 0.2) is 6.04 Å². The number of hydrogen-bond donors (Lipinski definition) is 4. The van der Waals surface area contributed by atoms with E-state index in [9.17, 15) is 14.7 Å². The predicted molar refractivity (Wildman–Crippen MR) is 94.1 cm³/mol. The number of benzene rings is 1. The van der Waals surface area contributed by atoms with E-state index in [1.807, 2.05) is 18.2 Å². The summed E-state index contributed by atoms with van der Waals surface area (Å²) in [6, 6.07) is 7.56. The first-order valence-electron chi connectivity index (χ1n) is 8.21. The normalized spacial score (nSPS) is 12.2. The van der Waals surface area contributed by atoms with Gasteiger partial charge in [0.2, 0.25) is 0 Å². The maximum absolute atomic E-state index is 11.4. The van der Waals surface area contributed by atoms with Crippen molar-refractivity contribution in [2.24, 2.45) is 0 Å². The quantitative estimate of drug-likeness (QED) is 0.529. The lowest BCUT2D eigenvalue weighted by Gasteiger charge is -2.20. The zero-order valence-corrected chi connectivity index (χ0v) is 15.7. The van der Waals surface area contributed by atoms with Crippen LogP contribution < -0.4 is 16.2 Å². The average molecular weight is 356 g/mol. The van der Waals surface area contributed by atoms with Crippen molar-refractivity contribution in [2.75, 3.05) is 0 Å². The Morgan fingerprint density at radius 3 is 1.76 bits per heavy atom. The molecule has 0 aliphatic carbocycles. The minimum atomic E-state index is -1.29. The maximum Gasteiger partial charge on any atom is 0.278 e. The van der Waals surface area contributed by atoms with Crippen LogP contribution in [0.4, 0.5) is 0 Å². The Hall–Kier alpha value is -1.96. The summed E-state index contributed by atoms with van der Waals surface area (Å²) in [5, 5.41) is 29.4. The molecule has 0 aliphatic rings. The van der Waals surface area contributed by atoms with Gasteiger partial charge in [-0.3, -0.25) is 4.79 Å². The average Bonchev–Trinajstić information content (AvgIpc) is 2.46. The van der Waals surface area contributed by atoms with Crippen LogP contribution in [0.15, 0.2) is 30.3 Å². The van der Waals surface area contributed by atoms with Crippen LogP contribution in [0.1, 0.15) is 40.2 Å². The van der Waals surface area contributed by atoms with Gasteiger partial charge >= 0.3 is 0 Å². The fourth-order valence-corrected chi connectivity index (χ4v) is 1.36. The molecule has 0 aromatic heterocycles. The summed E-state index contributed by atoms with van der Waals surface area (Å²) in [5.41, 5.74) is 4.36. The smallest absolute Gasteiger partial charge is 0.278 e. The van der Waals surface area contributed by atoms with Crippen LogP contribution in [0.2, 0.25) is 0 Å². The number of carbonyl (C=O) groups is 2. The molecule has 7 nitrogen and oxygen atoms in total. The lowest BCUT2D eigenvalue weighted by Crippen LogP contribution is -2.67. The first-order valence-corrected chi connectivity index (χ1v) is 8.21. The number of quaternary nitrogens is 1. The third-order valence-electron chi connectivity index (χ3n) is 2.33. The minimum Gasteiger partial charge on any atom is -0.548 e. The first-order chi connectivity index (χ1) is 11.5. The Kier molecular flexibility index (Phi) is 14.6. The maximum atomic E-state index is 11.4. The van der Waals surface area contributed by atoms with Gasteiger partial charge in [-0.1, -0.05) is 30.3 Å². The number of aliphatic hydroxyl groups excluding tert-OH is 2. The summed E-state index contributed by atoms with van der Waals surface area (Å²) in [6.45, 7) is 8.49. The van der Waals surface area contributed by atoms with Crippen LogP contribution in [0.25, 0.3) is 0 Å². The van der Waals surface area contributed by atoms with Crippen LogP contribution in [0.3, 0.4) is 0 Å². The Morgan fingerprint density at radius 1 is 1.04 bits per heavy atom. The molecule has 0 radical (unpaired) electrons. The number of hydrogen-bond acceptors (Lipinski definition) is 5. The molecular formula is C18H32N2O5. The van der Waals surface area contributed by atoms with E-state index in [4.69, 9.17) is 10.2 Å². The molecule has 0 aliphatic heterocycles. The second-order valence-electron chi connectivity index (χ2n) is 6.16. The molecule has 7 heteroatoms. The molecule has 1 aromatic carbocycles. The Bertz CT molecular complexity index is 464. The monoisotopic (exact) mass is 356 g/mol. The molecular weight excluding hydrogens is 324 g/mol. The second kappa shape index (κ2) is 14.4. The molecule has 0 saturated carbocycles. The first kappa shape index (κ1) is 25.3. The number of carboxylic acids is 1. The predicted octanol–water partition coefficient (Wildman–Crippen LogP) is -1.13. The van der Waals surface area contributed by atoms with E-state index in [0.29, 0.717) is 0 Å². The zero-order valence-electron chi connectivity index (χ0n) is 15.7. The lowest BCUT2D eigenvalue weighted by atomic mass is 10.1. The number of aliphatic hydroxyl groups is 2. The van der Waals surface area contributed by atoms with Crippen LogP contribution in [-0.4, -0.2) is 46.4 Å². The van der Waals surface area contributed by atoms with Crippen molar-refractivity contribution in [3.05, 3.63) is 35.9 Å². The fourth-order valence-electron chi connectivity index (χ4n) is 1.36. The van der Waals surface area contributed by atoms with E-state index in [1.165, 1.54) is 0 Å². The van der Waals surface area contributed by atoms with Crippen molar-refractivity contribution < 1.29 is 30.6 Å². The van der Waals surface area contributed by atoms with E-state index < -0.39 is 24.0 Å². The summed E-state index contributed by atoms with van der Waals surface area (Å²) in [4.78, 5) is 22.3. The SMILES string of the molecule is CC(C)O.CC(C)O.C[C@H]([NH3+])C(=O)N[C@@H](Cc1ccccc1)C(=O)[O-]. The van der Waals surface area contributed by atoms with Gasteiger partial charge in [-0.2, -0.15) is 0 Å². The number of carbonyl (C=O) groups excluding carboxylic acids is 2. The Balaban J connectivity index is 0. The highest BCUT2D eigenvalue weighted by atomic mass is 16.4. The van der Waals surface area contributed by atoms with Crippen LogP contribution in [-0.2, 0) is 16.0 Å². The number of rotatable bonds is 5. The summed E-state index contributed by atoms with van der Waals surface area (Å²) in [5.74, 6) is -1.68. The number of nitrogens with one attached hydrogen (secondary N) is 1. The third-order valence-corrected chi connectivity index (χ3v) is 2.33. The Labute approximate surface area is 149 Å². The molecule has 2 atom stereocenters. The summed E-state index contributed by atoms with van der Waals surface area (Å²) in [7, 11) is 0. The highest BCUT2D eigenvalue weighted by Gasteiger charge is 2.18. The van der Waals surface area contributed by atoms with Gasteiger partial charge in [0.25, 0.3) is 5.91 Å². The van der Waals surface area contributed by atoms with Gasteiger partial charge in [0.05, 0.1) is 12.0 Å². The van der Waals surface area contributed by atoms with E-state index in [2.05, 4.69) is 11.1 Å². The fraction of sp³-hybridized carbons (Fsp3) is 0.556. The minimum absolute atomic E-state index is 0.167. The molecule has 0 heterocycles. The molecule has 0 unspecified atom stereocenters. The molecule has 6 N–H and O–H groups in total. The van der Waals surface area contributed by atoms with Crippen LogP contribution in [0.5, 0.6) is 0 Å². The number of amides is 1. The topological polar surface area (TPSA) is 137 Å². The van der Waals surface area contributed by atoms with Gasteiger partial charge in [-0.05, 0) is 46.6 Å². The summed E-state index contributed by atoms with van der Waals surface area (Å²) >= 11 is 0. The lowest BCUT2D eigenvalue weighted by molar-refractivity contribution is -0.398. The molecule has 1 amide bonds. The highest BCUT2D eigenvalue weighted by molar-refractivity contribution is 5.85. The van der Waals surface area contributed by atoms with Crippen molar-refractivity contribution in [2.45, 2.75) is 65.3 Å². The Morgan fingerprint density at radius 2 is 1.44 bits per heavy atom.